The van der Waals surface area contributed by atoms with Gasteiger partial charge >= 0.3 is 0 Å². The number of hydrogen-bond acceptors (Lipinski definition) is 4. The van der Waals surface area contributed by atoms with Gasteiger partial charge in [-0.3, -0.25) is 9.59 Å². The van der Waals surface area contributed by atoms with Crippen LogP contribution in [0.5, 0.6) is 0 Å². The molecule has 7 nitrogen and oxygen atoms in total. The molecule has 0 bridgehead atoms. The predicted octanol–water partition coefficient (Wildman–Crippen LogP) is 1.09. The van der Waals surface area contributed by atoms with E-state index < -0.39 is 10.0 Å². The molecule has 8 heteroatoms. The Morgan fingerprint density at radius 2 is 1.59 bits per heavy atom. The summed E-state index contributed by atoms with van der Waals surface area (Å²) in [5.41, 5.74) is 1.01. The quantitative estimate of drug-likeness (QED) is 0.770. The molecule has 0 N–H and O–H groups in total. The van der Waals surface area contributed by atoms with E-state index in [2.05, 4.69) is 0 Å². The second kappa shape index (κ2) is 7.98. The van der Waals surface area contributed by atoms with Crippen LogP contribution in [0.1, 0.15) is 25.3 Å². The Balaban J connectivity index is 1.60. The standard InChI is InChI=1S/C19H27N3O4S/c1-15-5-7-18(8-6-15)27(25,26)22-12-10-20(11-13-22)19(24)17-4-3-9-21(14-17)16(2)23/h5-8,17H,3-4,9-14H2,1-2H3/t17-/m1/s1. The molecule has 0 saturated carbocycles. The summed E-state index contributed by atoms with van der Waals surface area (Å²) < 4.78 is 27.0. The molecule has 148 valence electrons. The van der Waals surface area contributed by atoms with Crippen molar-refractivity contribution in [3.8, 4) is 0 Å². The van der Waals surface area contributed by atoms with Crippen LogP contribution in [0.4, 0.5) is 0 Å². The summed E-state index contributed by atoms with van der Waals surface area (Å²) in [6.07, 6.45) is 1.61. The molecule has 1 atom stereocenters. The predicted molar refractivity (Wildman–Crippen MR) is 101 cm³/mol. The zero-order valence-corrected chi connectivity index (χ0v) is 16.7. The van der Waals surface area contributed by atoms with Crippen molar-refractivity contribution in [1.82, 2.24) is 14.1 Å². The lowest BCUT2D eigenvalue weighted by Gasteiger charge is -2.38. The van der Waals surface area contributed by atoms with Crippen LogP contribution in [0, 0.1) is 12.8 Å². The summed E-state index contributed by atoms with van der Waals surface area (Å²) in [5, 5.41) is 0. The number of aryl methyl sites for hydroxylation is 1. The first-order valence-electron chi connectivity index (χ1n) is 9.40. The average molecular weight is 394 g/mol. The molecule has 0 unspecified atom stereocenters. The Labute approximate surface area is 161 Å². The molecule has 0 radical (unpaired) electrons. The van der Waals surface area contributed by atoms with Gasteiger partial charge in [0, 0.05) is 46.2 Å². The van der Waals surface area contributed by atoms with E-state index in [1.165, 1.54) is 11.2 Å². The van der Waals surface area contributed by atoms with E-state index >= 15 is 0 Å². The van der Waals surface area contributed by atoms with Gasteiger partial charge in [-0.1, -0.05) is 17.7 Å². The molecule has 2 aliphatic rings. The van der Waals surface area contributed by atoms with Crippen LogP contribution in [0.2, 0.25) is 0 Å². The number of piperidine rings is 1. The molecule has 0 spiro atoms. The van der Waals surface area contributed by atoms with Crippen molar-refractivity contribution in [2.75, 3.05) is 39.3 Å². The minimum atomic E-state index is -3.53. The van der Waals surface area contributed by atoms with E-state index in [-0.39, 0.29) is 22.6 Å². The van der Waals surface area contributed by atoms with Crippen LogP contribution >= 0.6 is 0 Å². The number of hydrogen-bond donors (Lipinski definition) is 0. The van der Waals surface area contributed by atoms with Gasteiger partial charge in [0.15, 0.2) is 0 Å². The number of rotatable bonds is 3. The first-order valence-corrected chi connectivity index (χ1v) is 10.8. The normalized spacial score (nSPS) is 21.9. The lowest BCUT2D eigenvalue weighted by molar-refractivity contribution is -0.141. The lowest BCUT2D eigenvalue weighted by Crippen LogP contribution is -2.53. The summed E-state index contributed by atoms with van der Waals surface area (Å²) in [6, 6.07) is 6.83. The number of likely N-dealkylation sites (tertiary alicyclic amines) is 1. The van der Waals surface area contributed by atoms with Gasteiger partial charge in [0.2, 0.25) is 21.8 Å². The zero-order chi connectivity index (χ0) is 19.6. The number of nitrogens with zero attached hydrogens (tertiary/aromatic N) is 3. The van der Waals surface area contributed by atoms with E-state index in [0.717, 1.165) is 18.4 Å². The van der Waals surface area contributed by atoms with Gasteiger partial charge in [0.05, 0.1) is 10.8 Å². The van der Waals surface area contributed by atoms with Crippen molar-refractivity contribution < 1.29 is 18.0 Å². The molecule has 2 amide bonds. The fourth-order valence-electron chi connectivity index (χ4n) is 3.73. The fourth-order valence-corrected chi connectivity index (χ4v) is 5.15. The molecule has 3 rings (SSSR count). The first kappa shape index (κ1) is 19.8. The van der Waals surface area contributed by atoms with Gasteiger partial charge in [-0.25, -0.2) is 8.42 Å². The second-order valence-corrected chi connectivity index (χ2v) is 9.28. The Morgan fingerprint density at radius 3 is 2.19 bits per heavy atom. The van der Waals surface area contributed by atoms with E-state index in [4.69, 9.17) is 0 Å². The monoisotopic (exact) mass is 393 g/mol. The van der Waals surface area contributed by atoms with E-state index in [9.17, 15) is 18.0 Å². The number of benzene rings is 1. The Hall–Kier alpha value is -1.93. The highest BCUT2D eigenvalue weighted by Gasteiger charge is 2.34. The van der Waals surface area contributed by atoms with E-state index in [1.54, 1.807) is 34.1 Å². The van der Waals surface area contributed by atoms with Crippen molar-refractivity contribution in [3.63, 3.8) is 0 Å². The van der Waals surface area contributed by atoms with Crippen LogP contribution in [0.25, 0.3) is 0 Å². The zero-order valence-electron chi connectivity index (χ0n) is 15.9. The Morgan fingerprint density at radius 1 is 0.963 bits per heavy atom. The van der Waals surface area contributed by atoms with Crippen LogP contribution in [0.15, 0.2) is 29.2 Å². The fraction of sp³-hybridized carbons (Fsp3) is 0.579. The van der Waals surface area contributed by atoms with Gasteiger partial charge in [-0.15, -0.1) is 0 Å². The molecular formula is C19H27N3O4S. The largest absolute Gasteiger partial charge is 0.342 e. The van der Waals surface area contributed by atoms with Crippen molar-refractivity contribution in [2.24, 2.45) is 5.92 Å². The third kappa shape index (κ3) is 4.32. The maximum atomic E-state index is 12.8. The van der Waals surface area contributed by atoms with Crippen molar-refractivity contribution in [2.45, 2.75) is 31.6 Å². The summed E-state index contributed by atoms with van der Waals surface area (Å²) in [6.45, 7) is 6.00. The number of carbonyl (C=O) groups excluding carboxylic acids is 2. The van der Waals surface area contributed by atoms with Crippen molar-refractivity contribution in [1.29, 1.82) is 0 Å². The number of carbonyl (C=O) groups is 2. The summed E-state index contributed by atoms with van der Waals surface area (Å²) in [4.78, 5) is 28.1. The highest BCUT2D eigenvalue weighted by molar-refractivity contribution is 7.89. The minimum absolute atomic E-state index is 0.00140. The molecule has 27 heavy (non-hydrogen) atoms. The highest BCUT2D eigenvalue weighted by Crippen LogP contribution is 2.22. The molecule has 0 aliphatic carbocycles. The average Bonchev–Trinajstić information content (AvgIpc) is 2.68. The van der Waals surface area contributed by atoms with Gasteiger partial charge in [0.25, 0.3) is 0 Å². The van der Waals surface area contributed by atoms with Gasteiger partial charge in [-0.2, -0.15) is 4.31 Å². The third-order valence-electron chi connectivity index (χ3n) is 5.43. The molecule has 0 aromatic heterocycles. The Kier molecular flexibility index (Phi) is 5.86. The number of piperazine rings is 1. The van der Waals surface area contributed by atoms with E-state index in [1.807, 2.05) is 6.92 Å². The molecule has 2 fully saturated rings. The SMILES string of the molecule is CC(=O)N1CCC[C@@H](C(=O)N2CCN(S(=O)(=O)c3ccc(C)cc3)CC2)C1. The molecule has 2 heterocycles. The first-order chi connectivity index (χ1) is 12.8. The maximum Gasteiger partial charge on any atom is 0.243 e. The third-order valence-corrected chi connectivity index (χ3v) is 7.34. The smallest absolute Gasteiger partial charge is 0.243 e. The van der Waals surface area contributed by atoms with Crippen LogP contribution in [0.3, 0.4) is 0 Å². The summed E-state index contributed by atoms with van der Waals surface area (Å²) in [5.74, 6) is -0.141. The molecule has 2 saturated heterocycles. The highest BCUT2D eigenvalue weighted by atomic mass is 32.2. The summed E-state index contributed by atoms with van der Waals surface area (Å²) >= 11 is 0. The van der Waals surface area contributed by atoms with Crippen LogP contribution in [-0.4, -0.2) is 73.6 Å². The number of amides is 2. The number of sulfonamides is 1. The topological polar surface area (TPSA) is 78.0 Å². The minimum Gasteiger partial charge on any atom is -0.342 e. The van der Waals surface area contributed by atoms with Gasteiger partial charge < -0.3 is 9.80 Å². The summed E-state index contributed by atoms with van der Waals surface area (Å²) in [7, 11) is -3.53. The van der Waals surface area contributed by atoms with Crippen molar-refractivity contribution in [3.05, 3.63) is 29.8 Å². The van der Waals surface area contributed by atoms with E-state index in [0.29, 0.717) is 39.3 Å². The van der Waals surface area contributed by atoms with Crippen molar-refractivity contribution >= 4 is 21.8 Å². The molecular weight excluding hydrogens is 366 g/mol. The van der Waals surface area contributed by atoms with Crippen LogP contribution < -0.4 is 0 Å². The van der Waals surface area contributed by atoms with Crippen LogP contribution in [-0.2, 0) is 19.6 Å². The molecule has 2 aliphatic heterocycles. The lowest BCUT2D eigenvalue weighted by atomic mass is 9.96. The second-order valence-electron chi connectivity index (χ2n) is 7.35. The maximum absolute atomic E-state index is 12.8. The Bertz CT molecular complexity index is 799. The molecule has 1 aromatic rings. The molecule has 1 aromatic carbocycles. The van der Waals surface area contributed by atoms with Gasteiger partial charge in [0.1, 0.15) is 0 Å². The van der Waals surface area contributed by atoms with Gasteiger partial charge in [-0.05, 0) is 31.9 Å².